The maximum absolute atomic E-state index is 11.0. The van der Waals surface area contributed by atoms with Gasteiger partial charge in [0.05, 0.1) is 5.75 Å². The Labute approximate surface area is 84.0 Å². The van der Waals surface area contributed by atoms with Gasteiger partial charge in [-0.3, -0.25) is 4.79 Å². The van der Waals surface area contributed by atoms with E-state index in [2.05, 4.69) is 5.32 Å². The standard InChI is InChI=1S/C8H15N2O3S/c9-8(11)14(12,13)6-3-7-1-4-10-5-2-7/h6-7,10H,1-5H2,(H2,9,11). The second-order valence-electron chi connectivity index (χ2n) is 3.46. The predicted octanol–water partition coefficient (Wildman–Crippen LogP) is 0.0314. The minimum absolute atomic E-state index is 0.352. The topological polar surface area (TPSA) is 89.3 Å². The molecular weight excluding hydrogens is 204 g/mol. The lowest BCUT2D eigenvalue weighted by Gasteiger charge is -2.21. The van der Waals surface area contributed by atoms with Gasteiger partial charge in [0.25, 0.3) is 0 Å². The molecule has 0 bridgehead atoms. The maximum atomic E-state index is 11.0. The first-order chi connectivity index (χ1) is 6.52. The summed E-state index contributed by atoms with van der Waals surface area (Å²) in [4.78, 5) is 10.5. The summed E-state index contributed by atoms with van der Waals surface area (Å²) >= 11 is 0. The Morgan fingerprint density at radius 1 is 1.43 bits per heavy atom. The van der Waals surface area contributed by atoms with E-state index >= 15 is 0 Å². The van der Waals surface area contributed by atoms with Crippen molar-refractivity contribution in [3.05, 3.63) is 5.75 Å². The Morgan fingerprint density at radius 3 is 2.50 bits per heavy atom. The molecule has 0 saturated carbocycles. The minimum atomic E-state index is -3.80. The van der Waals surface area contributed by atoms with Crippen LogP contribution in [0, 0.1) is 11.7 Å². The van der Waals surface area contributed by atoms with Crippen molar-refractivity contribution in [3.63, 3.8) is 0 Å². The van der Waals surface area contributed by atoms with Crippen molar-refractivity contribution in [2.24, 2.45) is 11.7 Å². The molecule has 0 aromatic heterocycles. The van der Waals surface area contributed by atoms with E-state index in [-0.39, 0.29) is 0 Å². The average Bonchev–Trinajstić information content (AvgIpc) is 2.16. The fourth-order valence-corrected chi connectivity index (χ4v) is 2.15. The summed E-state index contributed by atoms with van der Waals surface area (Å²) in [6.07, 6.45) is 2.32. The van der Waals surface area contributed by atoms with Crippen molar-refractivity contribution < 1.29 is 13.2 Å². The molecule has 1 fully saturated rings. The Hall–Kier alpha value is -0.620. The lowest BCUT2D eigenvalue weighted by Crippen LogP contribution is -2.29. The summed E-state index contributed by atoms with van der Waals surface area (Å²) in [6.45, 7) is 1.82. The number of primary amides is 1. The van der Waals surface area contributed by atoms with Crippen LogP contribution < -0.4 is 11.1 Å². The molecular formula is C8H15N2O3S. The van der Waals surface area contributed by atoms with E-state index in [4.69, 9.17) is 5.73 Å². The molecule has 0 aliphatic carbocycles. The van der Waals surface area contributed by atoms with Crippen LogP contribution in [0.1, 0.15) is 19.3 Å². The molecule has 1 rings (SSSR count). The Morgan fingerprint density at radius 2 is 2.00 bits per heavy atom. The first-order valence-corrected chi connectivity index (χ1v) is 6.15. The number of hydrogen-bond donors (Lipinski definition) is 2. The van der Waals surface area contributed by atoms with E-state index in [0.717, 1.165) is 31.7 Å². The van der Waals surface area contributed by atoms with Crippen LogP contribution >= 0.6 is 0 Å². The quantitative estimate of drug-likeness (QED) is 0.701. The molecule has 0 aromatic carbocycles. The zero-order valence-corrected chi connectivity index (χ0v) is 8.72. The first kappa shape index (κ1) is 11.5. The van der Waals surface area contributed by atoms with Crippen molar-refractivity contribution in [1.82, 2.24) is 5.32 Å². The highest BCUT2D eigenvalue weighted by Gasteiger charge is 2.22. The third kappa shape index (κ3) is 3.26. The summed E-state index contributed by atoms with van der Waals surface area (Å²) in [7, 11) is -3.80. The Bertz CT molecular complexity index is 294. The fourth-order valence-electron chi connectivity index (χ4n) is 1.46. The van der Waals surface area contributed by atoms with E-state index in [1.54, 1.807) is 0 Å². The predicted molar refractivity (Wildman–Crippen MR) is 53.0 cm³/mol. The Kier molecular flexibility index (Phi) is 3.88. The fraction of sp³-hybridized carbons (Fsp3) is 0.750. The summed E-state index contributed by atoms with van der Waals surface area (Å²) < 4.78 is 22.1. The van der Waals surface area contributed by atoms with E-state index in [0.29, 0.717) is 12.3 Å². The van der Waals surface area contributed by atoms with Crippen LogP contribution in [0.4, 0.5) is 4.79 Å². The van der Waals surface area contributed by atoms with E-state index in [1.165, 1.54) is 0 Å². The van der Waals surface area contributed by atoms with E-state index in [1.807, 2.05) is 0 Å². The van der Waals surface area contributed by atoms with Crippen LogP contribution in [0.2, 0.25) is 0 Å². The van der Waals surface area contributed by atoms with Gasteiger partial charge in [0.15, 0.2) is 0 Å². The summed E-state index contributed by atoms with van der Waals surface area (Å²) in [5.74, 6) is 1.40. The normalized spacial score (nSPS) is 19.4. The number of amides is 1. The van der Waals surface area contributed by atoms with Gasteiger partial charge in [0, 0.05) is 0 Å². The van der Waals surface area contributed by atoms with Gasteiger partial charge in [-0.25, -0.2) is 8.42 Å². The van der Waals surface area contributed by atoms with Gasteiger partial charge in [-0.2, -0.15) is 0 Å². The lowest BCUT2D eigenvalue weighted by molar-refractivity contribution is 0.265. The molecule has 14 heavy (non-hydrogen) atoms. The van der Waals surface area contributed by atoms with Crippen molar-refractivity contribution in [2.45, 2.75) is 19.3 Å². The lowest BCUT2D eigenvalue weighted by atomic mass is 9.96. The molecule has 1 aliphatic heterocycles. The molecule has 3 N–H and O–H groups in total. The largest absolute Gasteiger partial charge is 0.356 e. The van der Waals surface area contributed by atoms with Crippen LogP contribution in [0.5, 0.6) is 0 Å². The number of carbonyl (C=O) groups is 1. The number of sulfone groups is 1. The number of nitrogens with two attached hydrogens (primary N) is 1. The zero-order chi connectivity index (χ0) is 10.6. The molecule has 1 amide bonds. The average molecular weight is 219 g/mol. The highest BCUT2D eigenvalue weighted by atomic mass is 32.2. The van der Waals surface area contributed by atoms with Gasteiger partial charge in [-0.15, -0.1) is 0 Å². The van der Waals surface area contributed by atoms with Gasteiger partial charge in [0.2, 0.25) is 9.84 Å². The molecule has 5 nitrogen and oxygen atoms in total. The number of hydrogen-bond acceptors (Lipinski definition) is 4. The summed E-state index contributed by atoms with van der Waals surface area (Å²) in [5, 5.41) is 1.92. The van der Waals surface area contributed by atoms with Crippen LogP contribution in [0.3, 0.4) is 0 Å². The number of carbonyl (C=O) groups excluding carboxylic acids is 1. The molecule has 0 unspecified atom stereocenters. The molecule has 81 valence electrons. The molecule has 1 saturated heterocycles. The molecule has 1 radical (unpaired) electrons. The van der Waals surface area contributed by atoms with Gasteiger partial charge in [-0.05, 0) is 38.3 Å². The highest BCUT2D eigenvalue weighted by Crippen LogP contribution is 2.19. The zero-order valence-electron chi connectivity index (χ0n) is 7.90. The number of nitrogens with one attached hydrogen (secondary N) is 1. The first-order valence-electron chi connectivity index (χ1n) is 4.61. The summed E-state index contributed by atoms with van der Waals surface area (Å²) in [6, 6.07) is 0. The number of rotatable bonds is 3. The van der Waals surface area contributed by atoms with Crippen molar-refractivity contribution >= 4 is 15.1 Å². The van der Waals surface area contributed by atoms with Crippen LogP contribution in [-0.2, 0) is 9.84 Å². The highest BCUT2D eigenvalue weighted by molar-refractivity contribution is 8.07. The summed E-state index contributed by atoms with van der Waals surface area (Å²) in [5.41, 5.74) is 4.72. The van der Waals surface area contributed by atoms with E-state index < -0.39 is 15.1 Å². The van der Waals surface area contributed by atoms with Crippen LogP contribution in [0.15, 0.2) is 0 Å². The van der Waals surface area contributed by atoms with E-state index in [9.17, 15) is 13.2 Å². The second-order valence-corrected chi connectivity index (χ2v) is 5.29. The van der Waals surface area contributed by atoms with Crippen LogP contribution in [-0.4, -0.2) is 26.7 Å². The molecule has 1 heterocycles. The van der Waals surface area contributed by atoms with Crippen molar-refractivity contribution in [3.8, 4) is 0 Å². The molecule has 0 atom stereocenters. The smallest absolute Gasteiger partial charge is 0.334 e. The van der Waals surface area contributed by atoms with Crippen molar-refractivity contribution in [2.75, 3.05) is 13.1 Å². The van der Waals surface area contributed by atoms with Gasteiger partial charge in [0.1, 0.15) is 0 Å². The van der Waals surface area contributed by atoms with Crippen LogP contribution in [0.25, 0.3) is 0 Å². The third-order valence-corrected chi connectivity index (χ3v) is 3.58. The second kappa shape index (κ2) is 4.75. The van der Waals surface area contributed by atoms with Gasteiger partial charge >= 0.3 is 5.24 Å². The SMILES string of the molecule is NC(=O)S(=O)(=O)[CH]CC1CCNCC1. The molecule has 6 heteroatoms. The van der Waals surface area contributed by atoms with Gasteiger partial charge < -0.3 is 11.1 Å². The maximum Gasteiger partial charge on any atom is 0.334 e. The van der Waals surface area contributed by atoms with Crippen molar-refractivity contribution in [1.29, 1.82) is 0 Å². The monoisotopic (exact) mass is 219 g/mol. The molecule has 0 aromatic rings. The minimum Gasteiger partial charge on any atom is -0.356 e. The molecule has 1 aliphatic rings. The Balaban J connectivity index is 2.36. The number of piperidine rings is 1. The molecule has 0 spiro atoms. The van der Waals surface area contributed by atoms with Gasteiger partial charge in [-0.1, -0.05) is 0 Å². The third-order valence-electron chi connectivity index (χ3n) is 2.39.